The summed E-state index contributed by atoms with van der Waals surface area (Å²) in [6.07, 6.45) is 4.49. The van der Waals surface area contributed by atoms with Gasteiger partial charge in [-0.25, -0.2) is 4.98 Å². The minimum absolute atomic E-state index is 0.0555. The Hall–Kier alpha value is -1.84. The smallest absolute Gasteiger partial charge is 0.252 e. The molecule has 84 valence electrons. The van der Waals surface area contributed by atoms with E-state index in [1.807, 2.05) is 36.9 Å². The van der Waals surface area contributed by atoms with E-state index in [4.69, 9.17) is 0 Å². The van der Waals surface area contributed by atoms with E-state index in [-0.39, 0.29) is 5.91 Å². The molecular weight excluding hydrogens is 202 g/mol. The Balaban J connectivity index is 2.29. The highest BCUT2D eigenvalue weighted by Crippen LogP contribution is 2.13. The van der Waals surface area contributed by atoms with Crippen LogP contribution in [0.25, 0.3) is 11.0 Å². The molecule has 2 rings (SSSR count). The summed E-state index contributed by atoms with van der Waals surface area (Å²) in [5.41, 5.74) is 1.51. The van der Waals surface area contributed by atoms with E-state index >= 15 is 0 Å². The molecule has 0 aliphatic heterocycles. The molecule has 0 fully saturated rings. The fourth-order valence-electron chi connectivity index (χ4n) is 1.62. The molecule has 2 aromatic rings. The Morgan fingerprint density at radius 1 is 1.56 bits per heavy atom. The number of rotatable bonds is 3. The van der Waals surface area contributed by atoms with Crippen LogP contribution in [0.1, 0.15) is 23.7 Å². The summed E-state index contributed by atoms with van der Waals surface area (Å²) in [4.78, 5) is 16.0. The lowest BCUT2D eigenvalue weighted by atomic mass is 10.2. The van der Waals surface area contributed by atoms with Gasteiger partial charge in [0.1, 0.15) is 5.65 Å². The number of carbonyl (C=O) groups excluding carboxylic acids is 1. The number of hydrogen-bond acceptors (Lipinski definition) is 2. The Bertz CT molecular complexity index is 516. The number of hydrogen-bond donors (Lipinski definition) is 1. The zero-order valence-electron chi connectivity index (χ0n) is 9.53. The second-order valence-corrected chi connectivity index (χ2v) is 3.82. The van der Waals surface area contributed by atoms with E-state index in [9.17, 15) is 4.79 Å². The maximum absolute atomic E-state index is 11.7. The van der Waals surface area contributed by atoms with Gasteiger partial charge < -0.3 is 9.88 Å². The van der Waals surface area contributed by atoms with E-state index in [0.717, 1.165) is 17.5 Å². The number of nitrogens with one attached hydrogen (secondary N) is 1. The van der Waals surface area contributed by atoms with Crippen LogP contribution in [0, 0.1) is 0 Å². The van der Waals surface area contributed by atoms with Gasteiger partial charge in [-0.3, -0.25) is 4.79 Å². The van der Waals surface area contributed by atoms with E-state index in [1.54, 1.807) is 6.20 Å². The first-order chi connectivity index (χ1) is 7.72. The molecule has 0 aliphatic rings. The van der Waals surface area contributed by atoms with Crippen LogP contribution in [0.3, 0.4) is 0 Å². The zero-order chi connectivity index (χ0) is 11.5. The molecule has 0 atom stereocenters. The molecule has 0 aromatic carbocycles. The Morgan fingerprint density at radius 2 is 2.38 bits per heavy atom. The lowest BCUT2D eigenvalue weighted by Gasteiger charge is -2.03. The van der Waals surface area contributed by atoms with Gasteiger partial charge in [-0.2, -0.15) is 0 Å². The van der Waals surface area contributed by atoms with Crippen LogP contribution in [0.5, 0.6) is 0 Å². The Kier molecular flexibility index (Phi) is 2.90. The zero-order valence-corrected chi connectivity index (χ0v) is 9.53. The second-order valence-electron chi connectivity index (χ2n) is 3.82. The minimum atomic E-state index is -0.0555. The molecule has 0 saturated heterocycles. The van der Waals surface area contributed by atoms with Crippen LogP contribution in [0.4, 0.5) is 0 Å². The first-order valence-electron chi connectivity index (χ1n) is 5.41. The quantitative estimate of drug-likeness (QED) is 0.850. The van der Waals surface area contributed by atoms with Crippen LogP contribution in [0.2, 0.25) is 0 Å². The second kappa shape index (κ2) is 4.35. The predicted octanol–water partition coefficient (Wildman–Crippen LogP) is 1.71. The normalized spacial score (nSPS) is 10.6. The summed E-state index contributed by atoms with van der Waals surface area (Å²) in [5, 5.41) is 3.83. The molecule has 0 bridgehead atoms. The van der Waals surface area contributed by atoms with E-state index < -0.39 is 0 Å². The van der Waals surface area contributed by atoms with Crippen molar-refractivity contribution in [3.63, 3.8) is 0 Å². The molecule has 0 spiro atoms. The molecule has 0 aliphatic carbocycles. The van der Waals surface area contributed by atoms with Crippen molar-refractivity contribution in [2.75, 3.05) is 6.54 Å². The summed E-state index contributed by atoms with van der Waals surface area (Å²) in [7, 11) is 1.94. The van der Waals surface area contributed by atoms with Crippen molar-refractivity contribution in [1.29, 1.82) is 0 Å². The number of carbonyl (C=O) groups is 1. The average molecular weight is 217 g/mol. The molecule has 1 amide bonds. The molecule has 1 N–H and O–H groups in total. The van der Waals surface area contributed by atoms with Crippen LogP contribution >= 0.6 is 0 Å². The van der Waals surface area contributed by atoms with Crippen LogP contribution < -0.4 is 5.32 Å². The molecule has 0 radical (unpaired) electrons. The van der Waals surface area contributed by atoms with Gasteiger partial charge in [0.25, 0.3) is 5.91 Å². The van der Waals surface area contributed by atoms with Crippen molar-refractivity contribution in [2.24, 2.45) is 7.05 Å². The molecule has 4 heteroatoms. The lowest BCUT2D eigenvalue weighted by Crippen LogP contribution is -2.24. The van der Waals surface area contributed by atoms with Gasteiger partial charge in [0.15, 0.2) is 0 Å². The third kappa shape index (κ3) is 1.91. The van der Waals surface area contributed by atoms with Crippen molar-refractivity contribution in [3.8, 4) is 0 Å². The van der Waals surface area contributed by atoms with Gasteiger partial charge in [-0.1, -0.05) is 6.92 Å². The van der Waals surface area contributed by atoms with Crippen molar-refractivity contribution >= 4 is 16.9 Å². The number of fused-ring (bicyclic) bond motifs is 1. The van der Waals surface area contributed by atoms with Gasteiger partial charge in [0.2, 0.25) is 0 Å². The van der Waals surface area contributed by atoms with E-state index in [2.05, 4.69) is 10.3 Å². The van der Waals surface area contributed by atoms with Crippen molar-refractivity contribution in [2.45, 2.75) is 13.3 Å². The maximum Gasteiger partial charge on any atom is 0.252 e. The highest BCUT2D eigenvalue weighted by molar-refractivity contribution is 5.96. The Labute approximate surface area is 94.3 Å². The average Bonchev–Trinajstić information content (AvgIpc) is 2.67. The SMILES string of the molecule is CCCNC(=O)c1cnc2c(ccn2C)c1. The fraction of sp³-hybridized carbons (Fsp3) is 0.333. The number of aromatic nitrogens is 2. The number of amides is 1. The predicted molar refractivity (Wildman–Crippen MR) is 63.3 cm³/mol. The van der Waals surface area contributed by atoms with E-state index in [1.165, 1.54) is 0 Å². The standard InChI is InChI=1S/C12H15N3O/c1-3-5-13-12(16)10-7-9-4-6-15(2)11(9)14-8-10/h4,6-8H,3,5H2,1-2H3,(H,13,16). The van der Waals surface area contributed by atoms with Gasteiger partial charge in [0, 0.05) is 31.4 Å². The van der Waals surface area contributed by atoms with Gasteiger partial charge in [0.05, 0.1) is 5.56 Å². The number of nitrogens with zero attached hydrogens (tertiary/aromatic N) is 2. The monoisotopic (exact) mass is 217 g/mol. The first-order valence-corrected chi connectivity index (χ1v) is 5.41. The molecular formula is C12H15N3O. The molecule has 2 aromatic heterocycles. The van der Waals surface area contributed by atoms with Crippen molar-refractivity contribution < 1.29 is 4.79 Å². The third-order valence-electron chi connectivity index (χ3n) is 2.50. The number of aryl methyl sites for hydroxylation is 1. The summed E-state index contributed by atoms with van der Waals surface area (Å²) in [5.74, 6) is -0.0555. The van der Waals surface area contributed by atoms with Crippen LogP contribution in [0.15, 0.2) is 24.5 Å². The van der Waals surface area contributed by atoms with Crippen LogP contribution in [-0.2, 0) is 7.05 Å². The van der Waals surface area contributed by atoms with Crippen LogP contribution in [-0.4, -0.2) is 22.0 Å². The number of pyridine rings is 1. The summed E-state index contributed by atoms with van der Waals surface area (Å²) in [6, 6.07) is 3.83. The lowest BCUT2D eigenvalue weighted by molar-refractivity contribution is 0.0953. The highest BCUT2D eigenvalue weighted by Gasteiger charge is 2.07. The molecule has 16 heavy (non-hydrogen) atoms. The van der Waals surface area contributed by atoms with Crippen molar-refractivity contribution in [3.05, 3.63) is 30.1 Å². The van der Waals surface area contributed by atoms with Gasteiger partial charge in [-0.05, 0) is 18.6 Å². The van der Waals surface area contributed by atoms with Gasteiger partial charge >= 0.3 is 0 Å². The largest absolute Gasteiger partial charge is 0.352 e. The Morgan fingerprint density at radius 3 is 3.12 bits per heavy atom. The fourth-order valence-corrected chi connectivity index (χ4v) is 1.62. The van der Waals surface area contributed by atoms with Crippen molar-refractivity contribution in [1.82, 2.24) is 14.9 Å². The summed E-state index contributed by atoms with van der Waals surface area (Å²) < 4.78 is 1.93. The van der Waals surface area contributed by atoms with Gasteiger partial charge in [-0.15, -0.1) is 0 Å². The summed E-state index contributed by atoms with van der Waals surface area (Å²) >= 11 is 0. The first kappa shape index (κ1) is 10.7. The maximum atomic E-state index is 11.7. The molecule has 0 saturated carbocycles. The summed E-state index contributed by atoms with van der Waals surface area (Å²) in [6.45, 7) is 2.73. The topological polar surface area (TPSA) is 46.9 Å². The van der Waals surface area contributed by atoms with E-state index in [0.29, 0.717) is 12.1 Å². The molecule has 4 nitrogen and oxygen atoms in total. The molecule has 2 heterocycles. The third-order valence-corrected chi connectivity index (χ3v) is 2.50. The highest BCUT2D eigenvalue weighted by atomic mass is 16.1. The minimum Gasteiger partial charge on any atom is -0.352 e. The molecule has 0 unspecified atom stereocenters.